The summed E-state index contributed by atoms with van der Waals surface area (Å²) in [6.45, 7) is 0. The van der Waals surface area contributed by atoms with Gasteiger partial charge in [0.05, 0.1) is 12.8 Å². The molecule has 0 saturated carbocycles. The summed E-state index contributed by atoms with van der Waals surface area (Å²) < 4.78 is 0. The Kier molecular flexibility index (Phi) is 6.28. The van der Waals surface area contributed by atoms with Crippen molar-refractivity contribution in [3.63, 3.8) is 0 Å². The molecule has 0 aromatic carbocycles. The van der Waals surface area contributed by atoms with E-state index in [1.165, 1.54) is 0 Å². The van der Waals surface area contributed by atoms with E-state index in [0.717, 1.165) is 0 Å². The van der Waals surface area contributed by atoms with Crippen LogP contribution in [0, 0.1) is 0 Å². The quantitative estimate of drug-likeness (QED) is 0.406. The van der Waals surface area contributed by atoms with Crippen LogP contribution >= 0.6 is 0 Å². The van der Waals surface area contributed by atoms with E-state index in [1.54, 1.807) is 0 Å². The first-order valence-corrected chi connectivity index (χ1v) is 3.17. The molecule has 4 N–H and O–H groups in total. The number of carbonyl (C=O) groups is 3. The fourth-order valence-electron chi connectivity index (χ4n) is 0.714. The molecular weight excluding hydrogens is 254 g/mol. The molecule has 0 atom stereocenters. The number of aliphatic carboxylic acids is 3. The third-order valence-corrected chi connectivity index (χ3v) is 1.29. The molecule has 0 amide bonds. The van der Waals surface area contributed by atoms with Crippen molar-refractivity contribution < 1.29 is 34.8 Å². The van der Waals surface area contributed by atoms with Crippen molar-refractivity contribution in [2.75, 3.05) is 0 Å². The Morgan fingerprint density at radius 2 is 1.21 bits per heavy atom. The normalized spacial score (nSPS) is 10.1. The van der Waals surface area contributed by atoms with E-state index < -0.39 is 36.4 Å². The van der Waals surface area contributed by atoms with Crippen LogP contribution in [0.1, 0.15) is 12.8 Å². The van der Waals surface area contributed by atoms with Crippen LogP contribution in [0.25, 0.3) is 0 Å². The van der Waals surface area contributed by atoms with Crippen LogP contribution in [0.3, 0.4) is 0 Å². The number of carboxylic acid groups (broad SMARTS) is 3. The third kappa shape index (κ3) is 4.89. The molecule has 8 heteroatoms. The van der Waals surface area contributed by atoms with Crippen molar-refractivity contribution in [2.45, 2.75) is 18.4 Å². The molecule has 80 valence electrons. The van der Waals surface area contributed by atoms with Gasteiger partial charge in [0.1, 0.15) is 0 Å². The Morgan fingerprint density at radius 3 is 1.36 bits per heavy atom. The molecule has 0 aromatic rings. The average molecular weight is 265 g/mol. The number of hydrogen-bond acceptors (Lipinski definition) is 4. The predicted octanol–water partition coefficient (Wildman–Crippen LogP) is -2.43. The second kappa shape index (κ2) is 5.68. The van der Waals surface area contributed by atoms with Gasteiger partial charge in [-0.1, -0.05) is 0 Å². The first-order chi connectivity index (χ1) is 5.78. The van der Waals surface area contributed by atoms with Crippen LogP contribution in [0.2, 0.25) is 0 Å². The van der Waals surface area contributed by atoms with Gasteiger partial charge in [-0.05, 0) is 0 Å². The summed E-state index contributed by atoms with van der Waals surface area (Å²) in [5, 5.41) is 33.8. The van der Waals surface area contributed by atoms with E-state index in [0.29, 0.717) is 0 Å². The molecule has 0 bridgehead atoms. The predicted molar refractivity (Wildman–Crippen MR) is 47.0 cm³/mol. The Bertz CT molecular complexity index is 233. The zero-order valence-corrected chi connectivity index (χ0v) is 6.43. The van der Waals surface area contributed by atoms with Gasteiger partial charge in [0.15, 0.2) is 5.60 Å². The molecule has 0 radical (unpaired) electrons. The summed E-state index contributed by atoms with van der Waals surface area (Å²) in [7, 11) is 0. The topological polar surface area (TPSA) is 132 Å². The van der Waals surface area contributed by atoms with E-state index in [-0.39, 0.29) is 19.8 Å². The molecule has 7 nitrogen and oxygen atoms in total. The van der Waals surface area contributed by atoms with Crippen molar-refractivity contribution in [1.29, 1.82) is 0 Å². The van der Waals surface area contributed by atoms with Gasteiger partial charge >= 0.3 is 37.7 Å². The summed E-state index contributed by atoms with van der Waals surface area (Å²) in [5.41, 5.74) is -2.74. The van der Waals surface area contributed by atoms with Gasteiger partial charge in [-0.15, -0.1) is 0 Å². The summed E-state index contributed by atoms with van der Waals surface area (Å²) in [5.74, 6) is -5.02. The van der Waals surface area contributed by atoms with Gasteiger partial charge < -0.3 is 20.4 Å². The fourth-order valence-corrected chi connectivity index (χ4v) is 0.714. The summed E-state index contributed by atoms with van der Waals surface area (Å²) in [6.07, 6.45) is -2.29. The van der Waals surface area contributed by atoms with Crippen LogP contribution in [-0.4, -0.2) is 63.7 Å². The summed E-state index contributed by atoms with van der Waals surface area (Å²) >= 11 is 0. The van der Waals surface area contributed by atoms with Crippen LogP contribution < -0.4 is 0 Å². The van der Waals surface area contributed by atoms with Crippen LogP contribution in [0.15, 0.2) is 0 Å². The second-order valence-electron chi connectivity index (χ2n) is 2.48. The van der Waals surface area contributed by atoms with E-state index in [1.807, 2.05) is 0 Å². The molecule has 0 aliphatic rings. The molecule has 0 unspecified atom stereocenters. The van der Waals surface area contributed by atoms with Gasteiger partial charge in [0.2, 0.25) is 0 Å². The van der Waals surface area contributed by atoms with Crippen molar-refractivity contribution in [3.05, 3.63) is 0 Å². The van der Waals surface area contributed by atoms with Gasteiger partial charge in [-0.25, -0.2) is 4.79 Å². The Morgan fingerprint density at radius 1 is 0.929 bits per heavy atom. The Balaban J connectivity index is 0. The first kappa shape index (κ1) is 15.5. The maximum absolute atomic E-state index is 10.3. The number of aliphatic hydroxyl groups is 1. The van der Waals surface area contributed by atoms with E-state index in [4.69, 9.17) is 20.4 Å². The summed E-state index contributed by atoms with van der Waals surface area (Å²) in [6, 6.07) is 0. The molecular formula is C6H11GaO7. The van der Waals surface area contributed by atoms with Crippen molar-refractivity contribution in [1.82, 2.24) is 0 Å². The van der Waals surface area contributed by atoms with Crippen molar-refractivity contribution >= 4 is 37.7 Å². The maximum atomic E-state index is 10.3. The van der Waals surface area contributed by atoms with Crippen LogP contribution in [0.4, 0.5) is 0 Å². The Hall–Kier alpha value is -0.994. The molecule has 0 heterocycles. The molecule has 0 spiro atoms. The van der Waals surface area contributed by atoms with Crippen molar-refractivity contribution in [3.8, 4) is 0 Å². The standard InChI is InChI=1S/C6H8O7.Ga.3H/c7-3(8)1-6(13,5(11)12)2-4(9)10;;;;/h13H,1-2H2,(H,7,8)(H,9,10)(H,11,12);;;;. The number of rotatable bonds is 5. The first-order valence-electron chi connectivity index (χ1n) is 3.17. The SMILES string of the molecule is O=C(O)CC(O)(CC(=O)O)C(=O)O.[GaH3]. The fraction of sp³-hybridized carbons (Fsp3) is 0.500. The van der Waals surface area contributed by atoms with E-state index in [2.05, 4.69) is 0 Å². The minimum atomic E-state index is -2.74. The second-order valence-corrected chi connectivity index (χ2v) is 2.48. The van der Waals surface area contributed by atoms with Gasteiger partial charge in [-0.3, -0.25) is 9.59 Å². The van der Waals surface area contributed by atoms with Crippen molar-refractivity contribution in [2.24, 2.45) is 0 Å². The molecule has 0 aliphatic carbocycles. The molecule has 0 fully saturated rings. The van der Waals surface area contributed by atoms with Gasteiger partial charge in [0.25, 0.3) is 0 Å². The minimum absolute atomic E-state index is 0. The van der Waals surface area contributed by atoms with Gasteiger partial charge in [0, 0.05) is 0 Å². The van der Waals surface area contributed by atoms with Crippen LogP contribution in [-0.2, 0) is 14.4 Å². The number of carboxylic acids is 3. The van der Waals surface area contributed by atoms with Crippen LogP contribution in [0.5, 0.6) is 0 Å². The van der Waals surface area contributed by atoms with E-state index >= 15 is 0 Å². The molecule has 0 aromatic heterocycles. The monoisotopic (exact) mass is 264 g/mol. The Labute approximate surface area is 91.4 Å². The number of hydrogen-bond donors (Lipinski definition) is 4. The molecule has 0 aliphatic heterocycles. The van der Waals surface area contributed by atoms with Gasteiger partial charge in [-0.2, -0.15) is 0 Å². The zero-order valence-electron chi connectivity index (χ0n) is 6.43. The molecule has 0 rings (SSSR count). The molecule has 0 saturated heterocycles. The third-order valence-electron chi connectivity index (χ3n) is 1.29. The summed E-state index contributed by atoms with van der Waals surface area (Å²) in [4.78, 5) is 30.5. The van der Waals surface area contributed by atoms with E-state index in [9.17, 15) is 14.4 Å². The molecule has 14 heavy (non-hydrogen) atoms. The average Bonchev–Trinajstić information content (AvgIpc) is 1.82. The zero-order chi connectivity index (χ0) is 10.6.